The van der Waals surface area contributed by atoms with Gasteiger partial charge in [-0.25, -0.2) is 28.7 Å². The van der Waals surface area contributed by atoms with Gasteiger partial charge in [-0.3, -0.25) is 4.98 Å². The number of anilines is 1. The molecule has 0 fully saturated rings. The average Bonchev–Trinajstić information content (AvgIpc) is 3.93. The molecular formula is C45H46N12O22S. The molecule has 6 rings (SSSR count). The van der Waals surface area contributed by atoms with Gasteiger partial charge in [-0.15, -0.1) is 35.4 Å². The third kappa shape index (κ3) is 17.6. The number of carbonyl (C=O) groups excluding carboxylic acids is 3. The number of sulfonamides is 1. The molecule has 0 unspecified atom stereocenters. The Kier molecular flexibility index (Phi) is 21.5. The Morgan fingerprint density at radius 1 is 0.713 bits per heavy atom. The smallest absolute Gasteiger partial charge is 0.493 e. The molecule has 0 aliphatic heterocycles. The second kappa shape index (κ2) is 29.2. The number of hydrogen-bond donors (Lipinski definition) is 0. The van der Waals surface area contributed by atoms with Crippen molar-refractivity contribution in [3.05, 3.63) is 132 Å². The molecular weight excluding hydrogens is 1090 g/mol. The summed E-state index contributed by atoms with van der Waals surface area (Å²) in [5.74, 6) is -3.01. The summed E-state index contributed by atoms with van der Waals surface area (Å²) in [7, 11) is -3.67. The van der Waals surface area contributed by atoms with E-state index in [9.17, 15) is 53.1 Å². The molecule has 35 heteroatoms. The number of esters is 1. The lowest BCUT2D eigenvalue weighted by Gasteiger charge is -2.26. The Bertz CT molecular complexity index is 3230. The van der Waals surface area contributed by atoms with E-state index in [4.69, 9.17) is 37.9 Å². The van der Waals surface area contributed by atoms with E-state index in [0.29, 0.717) is 9.87 Å². The van der Waals surface area contributed by atoms with E-state index in [1.807, 2.05) is 0 Å². The lowest BCUT2D eigenvalue weighted by molar-refractivity contribution is -0.763. The second-order valence-electron chi connectivity index (χ2n) is 15.7. The molecule has 424 valence electrons. The molecule has 0 saturated heterocycles. The Balaban J connectivity index is 1.41. The van der Waals surface area contributed by atoms with Crippen LogP contribution in [0.3, 0.4) is 0 Å². The molecule has 0 radical (unpaired) electrons. The number of tetrazole rings is 1. The molecule has 80 heavy (non-hydrogen) atoms. The van der Waals surface area contributed by atoms with E-state index in [2.05, 4.69) is 50.0 Å². The van der Waals surface area contributed by atoms with Crippen LogP contribution in [0.4, 0.5) is 15.4 Å². The first-order valence-corrected chi connectivity index (χ1v) is 24.7. The van der Waals surface area contributed by atoms with Crippen molar-refractivity contribution in [2.45, 2.75) is 51.0 Å². The maximum atomic E-state index is 15.0. The average molecular weight is 1140 g/mol. The SMILES string of the molecule is COc1ccccc1Oc1c(OCCOC(=O)c2cccc(CO[N+](=O)[O-])c2)nc(-c2ccnc(-c3nnnn3COC(=O)OCCCCO[N+](=O)[O-])c2)nc1N(COC(=O)OCCCCO[N+](=O)[O-])S(=O)(=O)c1ccc(C)cn1. The zero-order valence-corrected chi connectivity index (χ0v) is 42.8. The number of aryl methyl sites for hydroxylation is 1. The van der Waals surface area contributed by atoms with Gasteiger partial charge in [0.1, 0.15) is 25.5 Å². The number of para-hydroxylation sites is 2. The Morgan fingerprint density at radius 3 is 2.08 bits per heavy atom. The normalized spacial score (nSPS) is 10.8. The summed E-state index contributed by atoms with van der Waals surface area (Å²) in [6.45, 7) is -2.62. The number of aromatic nitrogens is 8. The van der Waals surface area contributed by atoms with Crippen LogP contribution in [0.5, 0.6) is 23.1 Å². The Labute approximate surface area is 450 Å². The number of rotatable bonds is 32. The molecule has 0 saturated carbocycles. The minimum absolute atomic E-state index is 0.00232. The molecule has 0 bridgehead atoms. The number of methoxy groups -OCH3 is 1. The first-order valence-electron chi connectivity index (χ1n) is 23.2. The van der Waals surface area contributed by atoms with Gasteiger partial charge in [0.25, 0.3) is 31.2 Å². The molecule has 0 aliphatic rings. The van der Waals surface area contributed by atoms with Crippen LogP contribution in [0.25, 0.3) is 22.9 Å². The van der Waals surface area contributed by atoms with E-state index in [1.54, 1.807) is 19.1 Å². The van der Waals surface area contributed by atoms with E-state index in [1.165, 1.54) is 80.2 Å². The van der Waals surface area contributed by atoms with E-state index >= 15 is 0 Å². The third-order valence-corrected chi connectivity index (χ3v) is 11.7. The van der Waals surface area contributed by atoms with Crippen LogP contribution >= 0.6 is 0 Å². The van der Waals surface area contributed by atoms with Crippen molar-refractivity contribution in [2.75, 3.05) is 57.8 Å². The minimum atomic E-state index is -5.00. The zero-order valence-electron chi connectivity index (χ0n) is 42.0. The minimum Gasteiger partial charge on any atom is -0.493 e. The van der Waals surface area contributed by atoms with Crippen molar-refractivity contribution < 1.29 is 90.5 Å². The maximum absolute atomic E-state index is 15.0. The van der Waals surface area contributed by atoms with Gasteiger partial charge < -0.3 is 52.4 Å². The van der Waals surface area contributed by atoms with Gasteiger partial charge in [0.15, 0.2) is 41.6 Å². The second-order valence-corrected chi connectivity index (χ2v) is 17.5. The number of benzene rings is 2. The van der Waals surface area contributed by atoms with Gasteiger partial charge in [-0.05, 0) is 96.6 Å². The molecule has 0 spiro atoms. The largest absolute Gasteiger partial charge is 0.510 e. The summed E-state index contributed by atoms with van der Waals surface area (Å²) in [5.41, 5.74) is 0.902. The summed E-state index contributed by atoms with van der Waals surface area (Å²) in [6.07, 6.45) is 0.618. The number of hydrogen-bond acceptors (Lipinski definition) is 29. The van der Waals surface area contributed by atoms with E-state index < -0.39 is 99.3 Å². The van der Waals surface area contributed by atoms with Crippen LogP contribution in [0.1, 0.15) is 47.2 Å². The predicted molar refractivity (Wildman–Crippen MR) is 262 cm³/mol. The fraction of sp³-hybridized carbons (Fsp3) is 0.333. The van der Waals surface area contributed by atoms with E-state index in [-0.39, 0.29) is 97.6 Å². The summed E-state index contributed by atoms with van der Waals surface area (Å²) >= 11 is 0. The Morgan fingerprint density at radius 2 is 1.40 bits per heavy atom. The van der Waals surface area contributed by atoms with Crippen molar-refractivity contribution in [3.63, 3.8) is 0 Å². The number of carbonyl (C=O) groups is 3. The number of ether oxygens (including phenoxy) is 8. The van der Waals surface area contributed by atoms with Crippen molar-refractivity contribution >= 4 is 34.1 Å². The van der Waals surface area contributed by atoms with Crippen LogP contribution < -0.4 is 18.5 Å². The van der Waals surface area contributed by atoms with Gasteiger partial charge in [0.2, 0.25) is 11.6 Å². The summed E-state index contributed by atoms with van der Waals surface area (Å²) in [6, 6.07) is 17.1. The summed E-state index contributed by atoms with van der Waals surface area (Å²) < 4.78 is 75.6. The van der Waals surface area contributed by atoms with Crippen LogP contribution in [0, 0.1) is 37.3 Å². The molecule has 4 aromatic heterocycles. The highest BCUT2D eigenvalue weighted by Crippen LogP contribution is 2.44. The standard InChI is InChI=1S/C45H46N12O22S/c1-30-14-15-37(47-26-30)80(67,68)54(29-75-45(60)73-19-6-8-21-77-56(63)64)41-38(79-36-13-4-3-12-35(36)69-2)42(70-22-23-71-43(58)33-11-9-10-31(24-33)27-78-57(65)66)49-39(48-41)32-16-17-46-34(25-32)40-50-51-52-53(40)28-74-44(59)72-18-5-7-20-76-55(61)62/h3-4,9-17,24-26H,5-8,18-23,27-29H2,1-2H3. The first-order chi connectivity index (χ1) is 38.5. The highest BCUT2D eigenvalue weighted by atomic mass is 32.2. The van der Waals surface area contributed by atoms with Gasteiger partial charge >= 0.3 is 18.3 Å². The fourth-order valence-corrected chi connectivity index (χ4v) is 7.62. The lowest BCUT2D eigenvalue weighted by Crippen LogP contribution is -2.36. The van der Waals surface area contributed by atoms with Gasteiger partial charge in [-0.1, -0.05) is 30.3 Å². The van der Waals surface area contributed by atoms with Crippen molar-refractivity contribution in [1.29, 1.82) is 0 Å². The number of pyridine rings is 2. The van der Waals surface area contributed by atoms with Crippen LogP contribution in [0.15, 0.2) is 90.2 Å². The highest BCUT2D eigenvalue weighted by molar-refractivity contribution is 7.92. The molecule has 34 nitrogen and oxygen atoms in total. The molecule has 0 atom stereocenters. The van der Waals surface area contributed by atoms with Gasteiger partial charge in [0, 0.05) is 18.0 Å². The highest BCUT2D eigenvalue weighted by Gasteiger charge is 2.35. The van der Waals surface area contributed by atoms with Crippen molar-refractivity contribution in [3.8, 4) is 46.0 Å². The number of nitrogens with zero attached hydrogens (tertiary/aromatic N) is 12. The monoisotopic (exact) mass is 1140 g/mol. The molecule has 6 aromatic rings. The molecule has 4 heterocycles. The van der Waals surface area contributed by atoms with Gasteiger partial charge in [0.05, 0.1) is 39.1 Å². The van der Waals surface area contributed by atoms with Crippen molar-refractivity contribution in [1.82, 2.24) is 40.1 Å². The van der Waals surface area contributed by atoms with Crippen molar-refractivity contribution in [2.24, 2.45) is 0 Å². The predicted octanol–water partition coefficient (Wildman–Crippen LogP) is 5.03. The third-order valence-electron chi connectivity index (χ3n) is 10.1. The topological polar surface area (TPSA) is 415 Å². The maximum Gasteiger partial charge on any atom is 0.510 e. The molecule has 0 aliphatic carbocycles. The van der Waals surface area contributed by atoms with Gasteiger partial charge in [-0.2, -0.15) is 18.1 Å². The zero-order chi connectivity index (χ0) is 57.4. The van der Waals surface area contributed by atoms with Crippen LogP contribution in [0.2, 0.25) is 0 Å². The summed E-state index contributed by atoms with van der Waals surface area (Å²) in [4.78, 5) is 101. The number of unbranched alkanes of at least 4 members (excludes halogenated alkanes) is 2. The van der Waals surface area contributed by atoms with Crippen LogP contribution in [-0.2, 0) is 61.6 Å². The molecule has 2 aromatic carbocycles. The Hall–Kier alpha value is -10.3. The molecule has 0 N–H and O–H groups in total. The first kappa shape index (κ1) is 58.9. The summed E-state index contributed by atoms with van der Waals surface area (Å²) in [5, 5.41) is 39.7. The van der Waals surface area contributed by atoms with E-state index in [0.717, 1.165) is 4.68 Å². The fourth-order valence-electron chi connectivity index (χ4n) is 6.43. The lowest BCUT2D eigenvalue weighted by atomic mass is 10.1. The molecule has 0 amide bonds. The van der Waals surface area contributed by atoms with Crippen LogP contribution in [-0.4, -0.2) is 136 Å². The quantitative estimate of drug-likeness (QED) is 0.0133.